The van der Waals surface area contributed by atoms with E-state index in [2.05, 4.69) is 5.32 Å². The Balaban J connectivity index is 1.81. The van der Waals surface area contributed by atoms with E-state index in [1.54, 1.807) is 36.4 Å². The van der Waals surface area contributed by atoms with Crippen molar-refractivity contribution >= 4 is 27.5 Å². The van der Waals surface area contributed by atoms with Crippen molar-refractivity contribution in [3.63, 3.8) is 0 Å². The number of hydrogen-bond donors (Lipinski definition) is 1. The number of nitrogens with one attached hydrogen (secondary N) is 1. The molecule has 0 aliphatic carbocycles. The molecule has 0 fully saturated rings. The summed E-state index contributed by atoms with van der Waals surface area (Å²) in [6.45, 7) is 11.1. The van der Waals surface area contributed by atoms with Crippen LogP contribution in [0.15, 0.2) is 108 Å². The molecule has 45 heavy (non-hydrogen) atoms. The lowest BCUT2D eigenvalue weighted by Gasteiger charge is -2.35. The fourth-order valence-corrected chi connectivity index (χ4v) is 6.51. The molecule has 0 bridgehead atoms. The van der Waals surface area contributed by atoms with Crippen LogP contribution in [0.25, 0.3) is 0 Å². The number of aryl methyl sites for hydroxylation is 3. The molecule has 4 aromatic carbocycles. The number of nitrogens with zero attached hydrogens (tertiary/aromatic N) is 2. The Bertz CT molecular complexity index is 1710. The van der Waals surface area contributed by atoms with Gasteiger partial charge in [-0.3, -0.25) is 13.9 Å². The number of hydrogen-bond acceptors (Lipinski definition) is 4. The first-order chi connectivity index (χ1) is 21.2. The summed E-state index contributed by atoms with van der Waals surface area (Å²) in [5.74, 6) is -0.798. The first-order valence-corrected chi connectivity index (χ1v) is 16.5. The van der Waals surface area contributed by atoms with E-state index in [1.807, 2.05) is 108 Å². The second-order valence-corrected chi connectivity index (χ2v) is 14.5. The van der Waals surface area contributed by atoms with Gasteiger partial charge in [-0.1, -0.05) is 95.6 Å². The van der Waals surface area contributed by atoms with Crippen LogP contribution in [-0.4, -0.2) is 43.3 Å². The Hall–Kier alpha value is -4.43. The summed E-state index contributed by atoms with van der Waals surface area (Å²) < 4.78 is 29.4. The Morgan fingerprint density at radius 3 is 1.89 bits per heavy atom. The molecule has 0 heterocycles. The molecule has 0 spiro atoms. The van der Waals surface area contributed by atoms with E-state index in [1.165, 1.54) is 4.90 Å². The summed E-state index contributed by atoms with van der Waals surface area (Å²) in [7, 11) is -4.14. The van der Waals surface area contributed by atoms with Crippen LogP contribution in [0.3, 0.4) is 0 Å². The fraction of sp³-hybridized carbons (Fsp3) is 0.297. The molecule has 0 radical (unpaired) electrons. The van der Waals surface area contributed by atoms with Crippen molar-refractivity contribution < 1.29 is 18.0 Å². The van der Waals surface area contributed by atoms with Gasteiger partial charge in [0.15, 0.2) is 0 Å². The molecule has 0 saturated heterocycles. The summed E-state index contributed by atoms with van der Waals surface area (Å²) in [6, 6.07) is 30.0. The molecule has 4 aromatic rings. The quantitative estimate of drug-likeness (QED) is 0.210. The SMILES string of the molecule is Cc1ccc(N(CC(=O)N(Cc2cccc(C)c2)[C@H](Cc2ccccc2)C(=O)NC(C)(C)C)S(=O)(=O)c2ccc(C)cc2)cc1. The molecule has 7 nitrogen and oxygen atoms in total. The maximum Gasteiger partial charge on any atom is 0.264 e. The average molecular weight is 626 g/mol. The van der Waals surface area contributed by atoms with E-state index in [0.29, 0.717) is 5.69 Å². The summed E-state index contributed by atoms with van der Waals surface area (Å²) in [6.07, 6.45) is 0.259. The Kier molecular flexibility index (Phi) is 10.5. The molecule has 0 aliphatic rings. The van der Waals surface area contributed by atoms with Gasteiger partial charge in [-0.25, -0.2) is 8.42 Å². The standard InChI is InChI=1S/C37H43N3O4S/c1-27-15-19-32(20-16-27)40(45(43,44)33-21-17-28(2)18-22-33)26-35(41)39(25-31-14-10-11-29(3)23-31)34(36(42)38-37(4,5)6)24-30-12-8-7-9-13-30/h7-23,34H,24-26H2,1-6H3,(H,38,42)/t34-/m1/s1. The smallest absolute Gasteiger partial charge is 0.264 e. The predicted molar refractivity (Wildman–Crippen MR) is 180 cm³/mol. The van der Waals surface area contributed by atoms with E-state index in [-0.39, 0.29) is 23.8 Å². The zero-order valence-electron chi connectivity index (χ0n) is 26.9. The highest BCUT2D eigenvalue weighted by atomic mass is 32.2. The van der Waals surface area contributed by atoms with Crippen molar-refractivity contribution in [1.29, 1.82) is 0 Å². The van der Waals surface area contributed by atoms with Gasteiger partial charge < -0.3 is 10.2 Å². The number of carbonyl (C=O) groups is 2. The highest BCUT2D eigenvalue weighted by Crippen LogP contribution is 2.26. The third kappa shape index (κ3) is 9.05. The minimum Gasteiger partial charge on any atom is -0.350 e. The zero-order valence-corrected chi connectivity index (χ0v) is 27.8. The van der Waals surface area contributed by atoms with Gasteiger partial charge in [0.2, 0.25) is 11.8 Å². The van der Waals surface area contributed by atoms with E-state index in [0.717, 1.165) is 32.1 Å². The number of carbonyl (C=O) groups excluding carboxylic acids is 2. The Morgan fingerprint density at radius 2 is 1.31 bits per heavy atom. The van der Waals surface area contributed by atoms with Gasteiger partial charge in [-0.15, -0.1) is 0 Å². The number of sulfonamides is 1. The molecule has 0 aromatic heterocycles. The van der Waals surface area contributed by atoms with Crippen molar-refractivity contribution in [3.05, 3.63) is 131 Å². The molecule has 0 unspecified atom stereocenters. The van der Waals surface area contributed by atoms with Crippen molar-refractivity contribution in [2.75, 3.05) is 10.8 Å². The normalized spacial score (nSPS) is 12.3. The molecule has 1 N–H and O–H groups in total. The third-order valence-corrected chi connectivity index (χ3v) is 9.20. The maximum absolute atomic E-state index is 14.6. The molecule has 0 saturated carbocycles. The predicted octanol–water partition coefficient (Wildman–Crippen LogP) is 6.36. The molecule has 1 atom stereocenters. The van der Waals surface area contributed by atoms with E-state index >= 15 is 0 Å². The lowest BCUT2D eigenvalue weighted by atomic mass is 10.0. The average Bonchev–Trinajstić information content (AvgIpc) is 2.98. The van der Waals surface area contributed by atoms with Crippen LogP contribution in [0.5, 0.6) is 0 Å². The lowest BCUT2D eigenvalue weighted by Crippen LogP contribution is -2.56. The summed E-state index contributed by atoms with van der Waals surface area (Å²) >= 11 is 0. The van der Waals surface area contributed by atoms with Crippen LogP contribution >= 0.6 is 0 Å². The van der Waals surface area contributed by atoms with Crippen LogP contribution in [0.4, 0.5) is 5.69 Å². The first-order valence-electron chi connectivity index (χ1n) is 15.1. The Labute approximate surface area is 268 Å². The summed E-state index contributed by atoms with van der Waals surface area (Å²) in [5.41, 5.74) is 4.44. The summed E-state index contributed by atoms with van der Waals surface area (Å²) in [4.78, 5) is 30.1. The van der Waals surface area contributed by atoms with Crippen molar-refractivity contribution in [1.82, 2.24) is 10.2 Å². The molecule has 4 rings (SSSR count). The molecular formula is C37H43N3O4S. The van der Waals surface area contributed by atoms with Crippen molar-refractivity contribution in [2.45, 2.75) is 71.0 Å². The van der Waals surface area contributed by atoms with E-state index < -0.39 is 34.1 Å². The molecule has 8 heteroatoms. The number of rotatable bonds is 11. The van der Waals surface area contributed by atoms with E-state index in [4.69, 9.17) is 0 Å². The second kappa shape index (κ2) is 14.1. The van der Waals surface area contributed by atoms with Crippen LogP contribution in [0, 0.1) is 20.8 Å². The van der Waals surface area contributed by atoms with Crippen molar-refractivity contribution in [3.8, 4) is 0 Å². The minimum atomic E-state index is -4.14. The van der Waals surface area contributed by atoms with E-state index in [9.17, 15) is 18.0 Å². The van der Waals surface area contributed by atoms with Crippen LogP contribution in [0.2, 0.25) is 0 Å². The molecule has 236 valence electrons. The fourth-order valence-electron chi connectivity index (χ4n) is 5.09. The van der Waals surface area contributed by atoms with Gasteiger partial charge >= 0.3 is 0 Å². The lowest BCUT2D eigenvalue weighted by molar-refractivity contribution is -0.140. The largest absolute Gasteiger partial charge is 0.350 e. The van der Waals surface area contributed by atoms with Gasteiger partial charge in [-0.05, 0) is 76.9 Å². The second-order valence-electron chi connectivity index (χ2n) is 12.6. The number of benzene rings is 4. The topological polar surface area (TPSA) is 86.8 Å². The minimum absolute atomic E-state index is 0.0815. The van der Waals surface area contributed by atoms with Gasteiger partial charge in [0, 0.05) is 18.5 Å². The molecule has 0 aliphatic heterocycles. The Morgan fingerprint density at radius 1 is 0.733 bits per heavy atom. The summed E-state index contributed by atoms with van der Waals surface area (Å²) in [5, 5.41) is 3.06. The van der Waals surface area contributed by atoms with Gasteiger partial charge in [0.25, 0.3) is 10.0 Å². The van der Waals surface area contributed by atoms with Gasteiger partial charge in [0.05, 0.1) is 10.6 Å². The van der Waals surface area contributed by atoms with Crippen LogP contribution in [-0.2, 0) is 32.6 Å². The molecular weight excluding hydrogens is 582 g/mol. The number of anilines is 1. The van der Waals surface area contributed by atoms with Gasteiger partial charge in [0.1, 0.15) is 12.6 Å². The maximum atomic E-state index is 14.6. The number of amides is 2. The third-order valence-electron chi connectivity index (χ3n) is 7.41. The van der Waals surface area contributed by atoms with Crippen molar-refractivity contribution in [2.24, 2.45) is 0 Å². The highest BCUT2D eigenvalue weighted by molar-refractivity contribution is 7.92. The zero-order chi connectivity index (χ0) is 32.8. The first kappa shape index (κ1) is 33.5. The van der Waals surface area contributed by atoms with Crippen LogP contribution in [0.1, 0.15) is 48.6 Å². The molecule has 2 amide bonds. The van der Waals surface area contributed by atoms with Gasteiger partial charge in [-0.2, -0.15) is 0 Å². The monoisotopic (exact) mass is 625 g/mol. The highest BCUT2D eigenvalue weighted by Gasteiger charge is 2.35. The van der Waals surface area contributed by atoms with Crippen LogP contribution < -0.4 is 9.62 Å².